The number of aromatic nitrogens is 2. The normalized spacial score (nSPS) is 11.5. The van der Waals surface area contributed by atoms with Crippen molar-refractivity contribution in [3.63, 3.8) is 0 Å². The van der Waals surface area contributed by atoms with Crippen LogP contribution in [0.2, 0.25) is 0 Å². The monoisotopic (exact) mass is 294 g/mol. The van der Waals surface area contributed by atoms with E-state index in [2.05, 4.69) is 43.1 Å². The number of hydrogen-bond acceptors (Lipinski definition) is 5. The Balaban J connectivity index is 1.77. The molecule has 0 spiro atoms. The average Bonchev–Trinajstić information content (AvgIpc) is 2.87. The van der Waals surface area contributed by atoms with Crippen LogP contribution >= 0.6 is 23.1 Å². The number of nitrogens with zero attached hydrogens (tertiary/aromatic N) is 2. The molecule has 1 aromatic heterocycles. The third kappa shape index (κ3) is 4.51. The fourth-order valence-corrected chi connectivity index (χ4v) is 2.94. The second-order valence-corrected chi connectivity index (χ2v) is 7.35. The minimum absolute atomic E-state index is 0.187. The molecule has 0 bridgehead atoms. The van der Waals surface area contributed by atoms with E-state index < -0.39 is 0 Å². The third-order valence-corrected chi connectivity index (χ3v) is 4.46. The van der Waals surface area contributed by atoms with Gasteiger partial charge in [0, 0.05) is 5.75 Å². The molecule has 0 unspecified atom stereocenters. The Bertz CT molecular complexity index is 489. The highest BCUT2D eigenvalue weighted by Crippen LogP contribution is 2.24. The minimum Gasteiger partial charge on any atom is -0.493 e. The zero-order valence-electron chi connectivity index (χ0n) is 11.4. The van der Waals surface area contributed by atoms with Crippen molar-refractivity contribution in [2.75, 3.05) is 12.4 Å². The van der Waals surface area contributed by atoms with Crippen LogP contribution < -0.4 is 4.74 Å². The fourth-order valence-electron chi connectivity index (χ4n) is 1.57. The summed E-state index contributed by atoms with van der Waals surface area (Å²) in [5.74, 6) is 1.81. The van der Waals surface area contributed by atoms with Crippen molar-refractivity contribution in [3.05, 3.63) is 35.3 Å². The summed E-state index contributed by atoms with van der Waals surface area (Å²) in [6.45, 7) is 7.31. The molecule has 0 saturated heterocycles. The molecule has 1 heterocycles. The summed E-state index contributed by atoms with van der Waals surface area (Å²) in [4.78, 5) is 0. The molecule has 5 heteroatoms. The first-order valence-electron chi connectivity index (χ1n) is 6.18. The summed E-state index contributed by atoms with van der Waals surface area (Å²) in [7, 11) is 0. The Hall–Kier alpha value is -1.07. The molecule has 2 aromatic rings. The van der Waals surface area contributed by atoms with Crippen molar-refractivity contribution < 1.29 is 4.74 Å². The van der Waals surface area contributed by atoms with E-state index in [1.54, 1.807) is 28.6 Å². The van der Waals surface area contributed by atoms with Gasteiger partial charge >= 0.3 is 0 Å². The van der Waals surface area contributed by atoms with E-state index in [0.717, 1.165) is 15.8 Å². The average molecular weight is 294 g/mol. The summed E-state index contributed by atoms with van der Waals surface area (Å²) in [5, 5.41) is 7.77. The van der Waals surface area contributed by atoms with Gasteiger partial charge in [0.1, 0.15) is 11.3 Å². The van der Waals surface area contributed by atoms with Crippen molar-refractivity contribution in [3.8, 4) is 5.75 Å². The van der Waals surface area contributed by atoms with E-state index in [9.17, 15) is 0 Å². The van der Waals surface area contributed by atoms with Gasteiger partial charge in [0.05, 0.1) is 6.61 Å². The lowest BCUT2D eigenvalue weighted by molar-refractivity contribution is 0.343. The minimum atomic E-state index is 0.187. The highest BCUT2D eigenvalue weighted by Gasteiger charge is 2.12. The molecular weight excluding hydrogens is 276 g/mol. The third-order valence-electron chi connectivity index (χ3n) is 2.64. The van der Waals surface area contributed by atoms with E-state index in [4.69, 9.17) is 4.74 Å². The van der Waals surface area contributed by atoms with Gasteiger partial charge < -0.3 is 4.74 Å². The molecule has 0 aliphatic carbocycles. The molecular formula is C14H18N2OS2. The van der Waals surface area contributed by atoms with Crippen molar-refractivity contribution in [2.24, 2.45) is 0 Å². The molecule has 102 valence electrons. The van der Waals surface area contributed by atoms with Gasteiger partial charge in [0.25, 0.3) is 0 Å². The van der Waals surface area contributed by atoms with E-state index >= 15 is 0 Å². The number of ether oxygens (including phenoxy) is 1. The van der Waals surface area contributed by atoms with Crippen LogP contribution in [-0.2, 0) is 5.41 Å². The topological polar surface area (TPSA) is 35.0 Å². The lowest BCUT2D eigenvalue weighted by Gasteiger charge is -2.19. The van der Waals surface area contributed by atoms with E-state index in [0.29, 0.717) is 6.61 Å². The largest absolute Gasteiger partial charge is 0.493 e. The summed E-state index contributed by atoms with van der Waals surface area (Å²) >= 11 is 3.23. The Kier molecular flexibility index (Phi) is 4.82. The molecule has 0 aliphatic heterocycles. The van der Waals surface area contributed by atoms with Gasteiger partial charge in [-0.1, -0.05) is 56.0 Å². The summed E-state index contributed by atoms with van der Waals surface area (Å²) in [5.41, 5.74) is 3.25. The van der Waals surface area contributed by atoms with Crippen molar-refractivity contribution in [2.45, 2.75) is 30.5 Å². The van der Waals surface area contributed by atoms with Crippen LogP contribution in [0.3, 0.4) is 0 Å². The van der Waals surface area contributed by atoms with Crippen LogP contribution in [0.15, 0.2) is 34.1 Å². The van der Waals surface area contributed by atoms with E-state index in [1.165, 1.54) is 5.56 Å². The maximum Gasteiger partial charge on any atom is 0.174 e. The van der Waals surface area contributed by atoms with Crippen LogP contribution in [0.5, 0.6) is 5.75 Å². The highest BCUT2D eigenvalue weighted by molar-refractivity contribution is 8.01. The second-order valence-electron chi connectivity index (χ2n) is 5.18. The highest BCUT2D eigenvalue weighted by atomic mass is 32.2. The quantitative estimate of drug-likeness (QED) is 0.616. The molecule has 0 atom stereocenters. The summed E-state index contributed by atoms with van der Waals surface area (Å²) < 4.78 is 6.70. The molecule has 0 saturated carbocycles. The Morgan fingerprint density at radius 3 is 2.53 bits per heavy atom. The van der Waals surface area contributed by atoms with Crippen molar-refractivity contribution in [1.29, 1.82) is 0 Å². The number of hydrogen-bond donors (Lipinski definition) is 0. The molecule has 3 nitrogen and oxygen atoms in total. The fraction of sp³-hybridized carbons (Fsp3) is 0.429. The van der Waals surface area contributed by atoms with Crippen LogP contribution in [0.1, 0.15) is 26.3 Å². The van der Waals surface area contributed by atoms with E-state index in [-0.39, 0.29) is 5.41 Å². The molecule has 2 rings (SSSR count). The first kappa shape index (κ1) is 14.3. The van der Waals surface area contributed by atoms with Crippen LogP contribution in [0, 0.1) is 0 Å². The van der Waals surface area contributed by atoms with Gasteiger partial charge in [0.2, 0.25) is 0 Å². The van der Waals surface area contributed by atoms with Crippen molar-refractivity contribution in [1.82, 2.24) is 10.2 Å². The Labute approximate surface area is 122 Å². The molecule has 19 heavy (non-hydrogen) atoms. The zero-order valence-corrected chi connectivity index (χ0v) is 13.1. The number of benzene rings is 1. The molecule has 0 radical (unpaired) electrons. The van der Waals surface area contributed by atoms with Crippen molar-refractivity contribution >= 4 is 23.1 Å². The van der Waals surface area contributed by atoms with E-state index in [1.807, 2.05) is 12.1 Å². The van der Waals surface area contributed by atoms with Gasteiger partial charge in [-0.05, 0) is 23.1 Å². The van der Waals surface area contributed by atoms with Gasteiger partial charge in [-0.2, -0.15) is 0 Å². The molecule has 0 aliphatic rings. The molecule has 1 aromatic carbocycles. The SMILES string of the molecule is CC(C)(C)c1ccc(OCCSc2nncs2)cc1. The lowest BCUT2D eigenvalue weighted by Crippen LogP contribution is -2.10. The van der Waals surface area contributed by atoms with Gasteiger partial charge in [-0.3, -0.25) is 0 Å². The standard InChI is InChI=1S/C14H18N2OS2/c1-14(2,3)11-4-6-12(7-5-11)17-8-9-18-13-16-15-10-19-13/h4-7,10H,8-9H2,1-3H3. The van der Waals surface area contributed by atoms with Crippen LogP contribution in [-0.4, -0.2) is 22.6 Å². The summed E-state index contributed by atoms with van der Waals surface area (Å²) in [6.07, 6.45) is 0. The Morgan fingerprint density at radius 1 is 1.21 bits per heavy atom. The molecule has 0 fully saturated rings. The molecule has 0 N–H and O–H groups in total. The second kappa shape index (κ2) is 6.39. The number of thioether (sulfide) groups is 1. The first-order chi connectivity index (χ1) is 9.05. The first-order valence-corrected chi connectivity index (χ1v) is 8.04. The number of rotatable bonds is 5. The van der Waals surface area contributed by atoms with Gasteiger partial charge in [-0.25, -0.2) is 0 Å². The maximum absolute atomic E-state index is 5.71. The molecule has 0 amide bonds. The smallest absolute Gasteiger partial charge is 0.174 e. The Morgan fingerprint density at radius 2 is 1.95 bits per heavy atom. The predicted molar refractivity (Wildman–Crippen MR) is 81.3 cm³/mol. The van der Waals surface area contributed by atoms with Gasteiger partial charge in [0.15, 0.2) is 4.34 Å². The van der Waals surface area contributed by atoms with Gasteiger partial charge in [-0.15, -0.1) is 10.2 Å². The lowest BCUT2D eigenvalue weighted by atomic mass is 9.87. The van der Waals surface area contributed by atoms with Crippen LogP contribution in [0.4, 0.5) is 0 Å². The summed E-state index contributed by atoms with van der Waals surface area (Å²) in [6, 6.07) is 8.34. The zero-order chi connectivity index (χ0) is 13.7. The van der Waals surface area contributed by atoms with Crippen LogP contribution in [0.25, 0.3) is 0 Å². The maximum atomic E-state index is 5.71. The predicted octanol–water partition coefficient (Wildman–Crippen LogP) is 4.01.